The molecule has 4 aliphatic carbocycles. The van der Waals surface area contributed by atoms with Gasteiger partial charge in [-0.25, -0.2) is 4.72 Å². The smallest absolute Gasteiger partial charge is 0.303 e. The number of rotatable bonds is 15. The van der Waals surface area contributed by atoms with Crippen molar-refractivity contribution in [3.05, 3.63) is 30.1 Å². The lowest BCUT2D eigenvalue weighted by atomic mass is 9.73. The first-order chi connectivity index (χ1) is 27.7. The third kappa shape index (κ3) is 7.33. The zero-order chi connectivity index (χ0) is 42.9. The van der Waals surface area contributed by atoms with Gasteiger partial charge >= 0.3 is 10.2 Å². The minimum atomic E-state index is -4.07. The van der Waals surface area contributed by atoms with Crippen molar-refractivity contribution >= 4 is 39.5 Å². The summed E-state index contributed by atoms with van der Waals surface area (Å²) in [5.41, 5.74) is -1.14. The number of Topliss-reactive ketones (excluding diaryl/α,β-unsaturated/α-hetero) is 2. The average molecular weight is 837 g/mol. The molecule has 3 heterocycles. The summed E-state index contributed by atoms with van der Waals surface area (Å²) in [7, 11) is -2.34. The Morgan fingerprint density at radius 1 is 0.983 bits per heavy atom. The number of aryl methyl sites for hydroxylation is 2. The van der Waals surface area contributed by atoms with Crippen LogP contribution in [0.5, 0.6) is 0 Å². The Kier molecular flexibility index (Phi) is 11.5. The summed E-state index contributed by atoms with van der Waals surface area (Å²) in [5, 5.41) is 7.55. The molecule has 2 spiro atoms. The van der Waals surface area contributed by atoms with E-state index in [0.717, 1.165) is 69.9 Å². The van der Waals surface area contributed by atoms with E-state index in [1.807, 2.05) is 27.7 Å². The lowest BCUT2D eigenvalue weighted by Gasteiger charge is -2.37. The van der Waals surface area contributed by atoms with E-state index in [1.54, 1.807) is 28.8 Å². The van der Waals surface area contributed by atoms with E-state index < -0.39 is 44.9 Å². The zero-order valence-corrected chi connectivity index (χ0v) is 37.3. The first-order valence-corrected chi connectivity index (χ1v) is 23.8. The van der Waals surface area contributed by atoms with Crippen LogP contribution in [0.4, 0.5) is 0 Å². The Bertz CT molecular complexity index is 1980. The fourth-order valence-electron chi connectivity index (χ4n) is 12.3. The third-order valence-electron chi connectivity index (χ3n) is 16.5. The number of fused-ring (bicyclic) bond motifs is 1. The van der Waals surface area contributed by atoms with E-state index in [0.29, 0.717) is 44.6 Å². The molecule has 1 aromatic rings. The molecular weight excluding hydrogens is 769 g/mol. The predicted octanol–water partition coefficient (Wildman–Crippen LogP) is 5.69. The lowest BCUT2D eigenvalue weighted by molar-refractivity contribution is -0.146. The number of likely N-dealkylation sites (tertiary alicyclic amines) is 1. The second kappa shape index (κ2) is 15.5. The monoisotopic (exact) mass is 836 g/mol. The van der Waals surface area contributed by atoms with Gasteiger partial charge in [-0.15, -0.1) is 6.58 Å². The summed E-state index contributed by atoms with van der Waals surface area (Å²) in [6, 6.07) is 0.163. The van der Waals surface area contributed by atoms with E-state index in [4.69, 9.17) is 0 Å². The number of aromatic nitrogens is 2. The molecule has 6 atom stereocenters. The summed E-state index contributed by atoms with van der Waals surface area (Å²) in [6.07, 6.45) is 12.0. The van der Waals surface area contributed by atoms with E-state index in [2.05, 4.69) is 35.6 Å². The summed E-state index contributed by atoms with van der Waals surface area (Å²) in [4.78, 5) is 74.4. The third-order valence-corrected chi connectivity index (χ3v) is 18.0. The molecular formula is C45H68N6O7S. The summed E-state index contributed by atoms with van der Waals surface area (Å²) in [6.45, 7) is 17.3. The second-order valence-electron chi connectivity index (χ2n) is 20.7. The number of carbonyl (C=O) groups excluding carboxylic acids is 5. The number of nitrogens with zero attached hydrogens (tertiary/aromatic N) is 4. The molecule has 0 bridgehead atoms. The van der Waals surface area contributed by atoms with Crippen LogP contribution in [0.3, 0.4) is 0 Å². The number of nitrogens with one attached hydrogen (secondary N) is 2. The molecule has 7 rings (SSSR count). The highest BCUT2D eigenvalue weighted by Gasteiger charge is 2.85. The highest BCUT2D eigenvalue weighted by atomic mass is 32.2. The van der Waals surface area contributed by atoms with Gasteiger partial charge in [-0.3, -0.25) is 28.7 Å². The van der Waals surface area contributed by atoms with Crippen LogP contribution in [-0.2, 0) is 42.9 Å². The first-order valence-electron chi connectivity index (χ1n) is 22.3. The van der Waals surface area contributed by atoms with Crippen molar-refractivity contribution in [1.29, 1.82) is 0 Å². The maximum absolute atomic E-state index is 15.3. The number of ketones is 2. The largest absolute Gasteiger partial charge is 0.341 e. The van der Waals surface area contributed by atoms with Crippen molar-refractivity contribution in [2.75, 3.05) is 19.6 Å². The van der Waals surface area contributed by atoms with E-state index in [9.17, 15) is 27.6 Å². The van der Waals surface area contributed by atoms with Crippen molar-refractivity contribution in [2.45, 2.75) is 150 Å². The molecule has 326 valence electrons. The molecule has 59 heavy (non-hydrogen) atoms. The number of hydrogen-bond donors (Lipinski definition) is 2. The molecule has 4 saturated carbocycles. The van der Waals surface area contributed by atoms with E-state index >= 15 is 4.79 Å². The predicted molar refractivity (Wildman–Crippen MR) is 224 cm³/mol. The molecule has 6 fully saturated rings. The van der Waals surface area contributed by atoms with Crippen molar-refractivity contribution in [2.24, 2.45) is 51.9 Å². The SMILES string of the molecule is C=C[C@@H]1C[C@]1(CC(=O)[C@@H]1C[C@@]2(CN1C(=O)[C@@H](CC(=O)[C@@H](NC(=O)c1cc(CC)nn1C)C1CCCCC1)C(C)(C)C)C(C)(C)C21CCC1)C(=O)NS(=O)(=O)N1CCCC1. The Morgan fingerprint density at radius 3 is 2.17 bits per heavy atom. The minimum Gasteiger partial charge on any atom is -0.341 e. The average Bonchev–Trinajstić information content (AvgIpc) is 3.56. The molecule has 2 N–H and O–H groups in total. The van der Waals surface area contributed by atoms with Crippen LogP contribution < -0.4 is 10.0 Å². The van der Waals surface area contributed by atoms with Crippen molar-refractivity contribution < 1.29 is 32.4 Å². The molecule has 0 aromatic carbocycles. The van der Waals surface area contributed by atoms with Gasteiger partial charge in [0.1, 0.15) is 5.69 Å². The lowest BCUT2D eigenvalue weighted by Crippen LogP contribution is -2.51. The van der Waals surface area contributed by atoms with Crippen LogP contribution in [0.2, 0.25) is 0 Å². The van der Waals surface area contributed by atoms with Gasteiger partial charge in [-0.1, -0.05) is 73.3 Å². The van der Waals surface area contributed by atoms with Gasteiger partial charge in [0.25, 0.3) is 5.91 Å². The van der Waals surface area contributed by atoms with Crippen molar-refractivity contribution in [3.63, 3.8) is 0 Å². The Hall–Kier alpha value is -3.39. The molecule has 13 nitrogen and oxygen atoms in total. The standard InChI is InChI=1S/C45H68N6O7S/c1-9-30-25-43(30,40(56)48-59(57,58)50-21-14-15-22-50)27-36(53)34-26-45(42(6,7)44(45)19-16-20-44)28-51(34)39(55)32(41(3,4)5)24-35(52)37(29-17-12-11-13-18-29)46-38(54)33-23-31(10-2)47-49(33)8/h9,23,29-30,32,34,37H,1,10-22,24-28H2,2-8H3,(H,46,54)(H,48,56)/t30-,32-,34+,37+,43-,45-/m1/s1. The van der Waals surface area contributed by atoms with E-state index in [-0.39, 0.29) is 64.3 Å². The minimum absolute atomic E-state index is 0.0164. The van der Waals surface area contributed by atoms with Gasteiger partial charge < -0.3 is 10.2 Å². The Balaban J connectivity index is 1.16. The second-order valence-corrected chi connectivity index (χ2v) is 22.3. The molecule has 0 radical (unpaired) electrons. The highest BCUT2D eigenvalue weighted by molar-refractivity contribution is 7.87. The maximum Gasteiger partial charge on any atom is 0.303 e. The maximum atomic E-state index is 15.3. The van der Waals surface area contributed by atoms with Crippen LogP contribution in [0.15, 0.2) is 18.7 Å². The summed E-state index contributed by atoms with van der Waals surface area (Å²) in [5.74, 6) is -2.95. The van der Waals surface area contributed by atoms with Crippen LogP contribution in [0.1, 0.15) is 148 Å². The molecule has 2 aliphatic heterocycles. The van der Waals surface area contributed by atoms with Crippen molar-refractivity contribution in [1.82, 2.24) is 29.0 Å². The number of allylic oxidation sites excluding steroid dienone is 1. The molecule has 3 amide bonds. The molecule has 6 aliphatic rings. The summed E-state index contributed by atoms with van der Waals surface area (Å²) >= 11 is 0. The fraction of sp³-hybridized carbons (Fsp3) is 0.778. The van der Waals surface area contributed by atoms with Crippen molar-refractivity contribution in [3.8, 4) is 0 Å². The first kappa shape index (κ1) is 43.7. The van der Waals surface area contributed by atoms with Gasteiger partial charge in [0, 0.05) is 50.9 Å². The zero-order valence-electron chi connectivity index (χ0n) is 36.5. The number of hydrogen-bond acceptors (Lipinski definition) is 8. The Labute approximate surface area is 351 Å². The number of amides is 3. The summed E-state index contributed by atoms with van der Waals surface area (Å²) < 4.78 is 31.6. The van der Waals surface area contributed by atoms with E-state index in [1.165, 1.54) is 4.31 Å². The molecule has 0 unspecified atom stereocenters. The highest BCUT2D eigenvalue weighted by Crippen LogP contribution is 2.88. The number of carbonyl (C=O) groups is 5. The molecule has 1 aromatic heterocycles. The Morgan fingerprint density at radius 2 is 1.64 bits per heavy atom. The fourth-order valence-corrected chi connectivity index (χ4v) is 13.6. The van der Waals surface area contributed by atoms with Crippen LogP contribution >= 0.6 is 0 Å². The normalized spacial score (nSPS) is 29.8. The van der Waals surface area contributed by atoms with Gasteiger partial charge in [-0.2, -0.15) is 17.8 Å². The molecule has 14 heteroatoms. The van der Waals surface area contributed by atoms with Gasteiger partial charge in [0.15, 0.2) is 11.6 Å². The van der Waals surface area contributed by atoms with Gasteiger partial charge in [0.2, 0.25) is 11.8 Å². The van der Waals surface area contributed by atoms with Crippen LogP contribution in [0.25, 0.3) is 0 Å². The van der Waals surface area contributed by atoms with Gasteiger partial charge in [0.05, 0.1) is 23.2 Å². The quantitative estimate of drug-likeness (QED) is 0.213. The molecule has 2 saturated heterocycles. The topological polar surface area (TPSA) is 168 Å². The van der Waals surface area contributed by atoms with Crippen LogP contribution in [-0.4, -0.2) is 88.4 Å². The van der Waals surface area contributed by atoms with Gasteiger partial charge in [-0.05, 0) is 91.9 Å². The van der Waals surface area contributed by atoms with Crippen LogP contribution in [0, 0.1) is 44.8 Å².